The van der Waals surface area contributed by atoms with Crippen molar-refractivity contribution in [2.24, 2.45) is 5.92 Å². The Labute approximate surface area is 176 Å². The Morgan fingerprint density at radius 3 is 2.45 bits per heavy atom. The van der Waals surface area contributed by atoms with Crippen LogP contribution >= 0.6 is 12.2 Å². The van der Waals surface area contributed by atoms with Crippen LogP contribution in [0.15, 0.2) is 30.3 Å². The Balaban J connectivity index is 1.52. The Hall–Kier alpha value is -2.48. The van der Waals surface area contributed by atoms with Crippen LogP contribution in [0.4, 0.5) is 0 Å². The zero-order valence-corrected chi connectivity index (χ0v) is 17.4. The summed E-state index contributed by atoms with van der Waals surface area (Å²) in [6, 6.07) is 9.96. The average molecular weight is 420 g/mol. The van der Waals surface area contributed by atoms with E-state index < -0.39 is 11.9 Å². The van der Waals surface area contributed by atoms with Gasteiger partial charge in [0.25, 0.3) is 0 Å². The van der Waals surface area contributed by atoms with Crippen LogP contribution in [0, 0.1) is 5.92 Å². The van der Waals surface area contributed by atoms with Crippen LogP contribution in [0.3, 0.4) is 0 Å². The minimum atomic E-state index is -0.419. The topological polar surface area (TPSA) is 96.5 Å². The third-order valence-electron chi connectivity index (χ3n) is 4.80. The van der Waals surface area contributed by atoms with Crippen molar-refractivity contribution in [3.8, 4) is 0 Å². The van der Waals surface area contributed by atoms with Crippen molar-refractivity contribution in [2.45, 2.75) is 57.8 Å². The van der Waals surface area contributed by atoms with E-state index in [1.54, 1.807) is 0 Å². The van der Waals surface area contributed by atoms with Gasteiger partial charge in [-0.2, -0.15) is 0 Å². The van der Waals surface area contributed by atoms with Gasteiger partial charge in [0.2, 0.25) is 11.8 Å². The number of hydrogen-bond donors (Lipinski definition) is 3. The number of amides is 2. The number of benzene rings is 1. The lowest BCUT2D eigenvalue weighted by Gasteiger charge is -2.21. The van der Waals surface area contributed by atoms with Gasteiger partial charge in [0, 0.05) is 12.3 Å². The molecule has 1 saturated carbocycles. The molecule has 7 nitrogen and oxygen atoms in total. The number of nitrogens with one attached hydrogen (secondary N) is 3. The second kappa shape index (κ2) is 12.9. The van der Waals surface area contributed by atoms with E-state index in [-0.39, 0.29) is 29.8 Å². The fourth-order valence-electron chi connectivity index (χ4n) is 3.20. The maximum atomic E-state index is 12.0. The minimum Gasteiger partial charge on any atom is -0.466 e. The molecule has 1 aliphatic rings. The van der Waals surface area contributed by atoms with Gasteiger partial charge in [-0.15, -0.1) is 0 Å². The lowest BCUT2D eigenvalue weighted by atomic mass is 9.89. The van der Waals surface area contributed by atoms with Crippen molar-refractivity contribution in [3.63, 3.8) is 0 Å². The number of hydrazine groups is 1. The summed E-state index contributed by atoms with van der Waals surface area (Å²) in [5.74, 6) is -0.944. The van der Waals surface area contributed by atoms with E-state index in [0.717, 1.165) is 38.5 Å². The van der Waals surface area contributed by atoms with Crippen LogP contribution in [0.2, 0.25) is 0 Å². The highest BCUT2D eigenvalue weighted by Crippen LogP contribution is 2.23. The molecule has 3 N–H and O–H groups in total. The number of thiocarbonyl (C=S) groups is 1. The second-order valence-electron chi connectivity index (χ2n) is 7.14. The van der Waals surface area contributed by atoms with E-state index in [9.17, 15) is 14.4 Å². The summed E-state index contributed by atoms with van der Waals surface area (Å²) < 4.78 is 5.14. The maximum Gasteiger partial charge on any atom is 0.306 e. The van der Waals surface area contributed by atoms with Gasteiger partial charge in [-0.05, 0) is 43.5 Å². The van der Waals surface area contributed by atoms with Gasteiger partial charge >= 0.3 is 5.97 Å². The van der Waals surface area contributed by atoms with Crippen LogP contribution in [0.1, 0.15) is 56.9 Å². The van der Waals surface area contributed by atoms with Crippen molar-refractivity contribution < 1.29 is 19.1 Å². The van der Waals surface area contributed by atoms with Gasteiger partial charge in [0.05, 0.1) is 13.0 Å². The molecule has 1 aromatic carbocycles. The van der Waals surface area contributed by atoms with E-state index in [1.807, 2.05) is 30.3 Å². The summed E-state index contributed by atoms with van der Waals surface area (Å²) in [6.45, 7) is 0.322. The highest BCUT2D eigenvalue weighted by molar-refractivity contribution is 7.80. The summed E-state index contributed by atoms with van der Waals surface area (Å²) in [5, 5.41) is 2.45. The van der Waals surface area contributed by atoms with Crippen LogP contribution in [-0.2, 0) is 25.5 Å². The smallest absolute Gasteiger partial charge is 0.306 e. The number of aryl methyl sites for hydroxylation is 1. The van der Waals surface area contributed by atoms with Gasteiger partial charge in [0.15, 0.2) is 5.11 Å². The zero-order valence-electron chi connectivity index (χ0n) is 16.6. The fraction of sp³-hybridized carbons (Fsp3) is 0.524. The predicted octanol–water partition coefficient (Wildman–Crippen LogP) is 2.54. The molecule has 0 saturated heterocycles. The Morgan fingerprint density at radius 1 is 1.00 bits per heavy atom. The second-order valence-corrected chi connectivity index (χ2v) is 7.54. The molecular formula is C21H29N3O4S. The Kier molecular flexibility index (Phi) is 10.1. The number of ether oxygens (including phenoxy) is 1. The van der Waals surface area contributed by atoms with E-state index >= 15 is 0 Å². The molecular weight excluding hydrogens is 390 g/mol. The molecule has 0 aliphatic heterocycles. The van der Waals surface area contributed by atoms with Gasteiger partial charge in [-0.1, -0.05) is 49.6 Å². The monoisotopic (exact) mass is 419 g/mol. The average Bonchev–Trinajstić information content (AvgIpc) is 2.75. The van der Waals surface area contributed by atoms with Crippen molar-refractivity contribution in [2.75, 3.05) is 6.61 Å². The Morgan fingerprint density at radius 2 is 1.72 bits per heavy atom. The van der Waals surface area contributed by atoms with Crippen LogP contribution in [0.5, 0.6) is 0 Å². The molecule has 0 unspecified atom stereocenters. The molecule has 8 heteroatoms. The molecule has 1 aromatic rings. The molecule has 1 fully saturated rings. The lowest BCUT2D eigenvalue weighted by molar-refractivity contribution is -0.145. The van der Waals surface area contributed by atoms with E-state index in [0.29, 0.717) is 6.61 Å². The van der Waals surface area contributed by atoms with Crippen molar-refractivity contribution >= 4 is 35.1 Å². The first-order valence-electron chi connectivity index (χ1n) is 10.1. The first-order valence-corrected chi connectivity index (χ1v) is 10.5. The summed E-state index contributed by atoms with van der Waals surface area (Å²) in [5.41, 5.74) is 6.27. The van der Waals surface area contributed by atoms with Crippen molar-refractivity contribution in [1.82, 2.24) is 16.2 Å². The van der Waals surface area contributed by atoms with Crippen molar-refractivity contribution in [1.29, 1.82) is 0 Å². The highest BCUT2D eigenvalue weighted by Gasteiger charge is 2.21. The van der Waals surface area contributed by atoms with E-state index in [2.05, 4.69) is 16.2 Å². The third-order valence-corrected chi connectivity index (χ3v) is 5.00. The number of hydrogen-bond acceptors (Lipinski definition) is 5. The van der Waals surface area contributed by atoms with Gasteiger partial charge < -0.3 is 10.1 Å². The SMILES string of the molecule is O=C(CCC(=O)OCCCc1ccccc1)NC(=S)NNC(=O)C1CCCCC1. The van der Waals surface area contributed by atoms with Gasteiger partial charge in [-0.25, -0.2) is 0 Å². The number of carbonyl (C=O) groups excluding carboxylic acids is 3. The highest BCUT2D eigenvalue weighted by atomic mass is 32.1. The fourth-order valence-corrected chi connectivity index (χ4v) is 3.37. The first kappa shape index (κ1) is 22.8. The van der Waals surface area contributed by atoms with E-state index in [1.165, 1.54) is 12.0 Å². The number of carbonyl (C=O) groups is 3. The molecule has 1 aliphatic carbocycles. The van der Waals surface area contributed by atoms with E-state index in [4.69, 9.17) is 17.0 Å². The normalized spacial score (nSPS) is 13.9. The van der Waals surface area contributed by atoms with Crippen LogP contribution in [0.25, 0.3) is 0 Å². The third kappa shape index (κ3) is 9.51. The standard InChI is InChI=1S/C21H29N3O4S/c25-18(22-21(29)24-23-20(27)17-11-5-2-6-12-17)13-14-19(26)28-15-7-10-16-8-3-1-4-9-16/h1,3-4,8-9,17H,2,5-7,10-15H2,(H,23,27)(H2,22,24,25,29). The quantitative estimate of drug-likeness (QED) is 0.259. The van der Waals surface area contributed by atoms with Gasteiger partial charge in [0.1, 0.15) is 0 Å². The Bertz CT molecular complexity index is 690. The summed E-state index contributed by atoms with van der Waals surface area (Å²) in [6.07, 6.45) is 6.55. The van der Waals surface area contributed by atoms with Crippen molar-refractivity contribution in [3.05, 3.63) is 35.9 Å². The van der Waals surface area contributed by atoms with Crippen LogP contribution < -0.4 is 16.2 Å². The molecule has 29 heavy (non-hydrogen) atoms. The number of esters is 1. The summed E-state index contributed by atoms with van der Waals surface area (Å²) in [4.78, 5) is 35.6. The van der Waals surface area contributed by atoms with Crippen LogP contribution in [-0.4, -0.2) is 29.5 Å². The molecule has 2 amide bonds. The molecule has 2 rings (SSSR count). The molecule has 0 radical (unpaired) electrons. The molecule has 158 valence electrons. The largest absolute Gasteiger partial charge is 0.466 e. The summed E-state index contributed by atoms with van der Waals surface area (Å²) in [7, 11) is 0. The maximum absolute atomic E-state index is 12.0. The summed E-state index contributed by atoms with van der Waals surface area (Å²) >= 11 is 4.99. The molecule has 0 aromatic heterocycles. The molecule has 0 spiro atoms. The number of rotatable bonds is 8. The lowest BCUT2D eigenvalue weighted by Crippen LogP contribution is -2.50. The minimum absolute atomic E-state index is 0.00795. The zero-order chi connectivity index (χ0) is 20.9. The van der Waals surface area contributed by atoms with Gasteiger partial charge in [-0.3, -0.25) is 25.2 Å². The predicted molar refractivity (Wildman–Crippen MR) is 114 cm³/mol. The molecule has 0 atom stereocenters. The first-order chi connectivity index (χ1) is 14.0. The molecule has 0 bridgehead atoms. The molecule has 0 heterocycles.